The van der Waals surface area contributed by atoms with Crippen molar-refractivity contribution >= 4 is 41.7 Å². The van der Waals surface area contributed by atoms with Gasteiger partial charge >= 0.3 is 0 Å². The molecular weight excluding hydrogens is 481 g/mol. The molecule has 7 heteroatoms. The van der Waals surface area contributed by atoms with Crippen molar-refractivity contribution in [2.45, 2.75) is 75.4 Å². The lowest BCUT2D eigenvalue weighted by Gasteiger charge is -2.48. The molecule has 2 aliphatic heterocycles. The summed E-state index contributed by atoms with van der Waals surface area (Å²) in [4.78, 5) is 10.1. The van der Waals surface area contributed by atoms with Crippen LogP contribution in [-0.4, -0.2) is 84.7 Å². The first-order valence-corrected chi connectivity index (χ1v) is 12.5. The van der Waals surface area contributed by atoms with Gasteiger partial charge in [0.2, 0.25) is 0 Å². The van der Waals surface area contributed by atoms with Gasteiger partial charge in [0.15, 0.2) is 5.96 Å². The molecule has 0 amide bonds. The molecule has 0 aromatic heterocycles. The highest BCUT2D eigenvalue weighted by atomic mass is 127. The lowest BCUT2D eigenvalue weighted by Crippen LogP contribution is -2.60. The van der Waals surface area contributed by atoms with Crippen LogP contribution in [0.5, 0.6) is 0 Å². The molecule has 2 saturated carbocycles. The topological polar surface area (TPSA) is 42.9 Å². The van der Waals surface area contributed by atoms with E-state index in [9.17, 15) is 0 Å². The molecule has 4 aliphatic rings. The van der Waals surface area contributed by atoms with E-state index in [1.54, 1.807) is 0 Å². The van der Waals surface area contributed by atoms with E-state index in [4.69, 9.17) is 0 Å². The second-order valence-electron chi connectivity index (χ2n) is 9.00. The third kappa shape index (κ3) is 5.91. The molecule has 2 heterocycles. The van der Waals surface area contributed by atoms with Gasteiger partial charge in [0.1, 0.15) is 0 Å². The van der Waals surface area contributed by atoms with Crippen LogP contribution in [0.1, 0.15) is 57.8 Å². The van der Waals surface area contributed by atoms with Crippen LogP contribution < -0.4 is 10.6 Å². The third-order valence-corrected chi connectivity index (χ3v) is 8.15. The van der Waals surface area contributed by atoms with Gasteiger partial charge in [-0.2, -0.15) is 11.8 Å². The summed E-state index contributed by atoms with van der Waals surface area (Å²) in [6.07, 6.45) is 12.3. The monoisotopic (exact) mass is 521 g/mol. The number of thioether (sulfide) groups is 1. The van der Waals surface area contributed by atoms with E-state index in [0.29, 0.717) is 11.6 Å². The number of piperidine rings is 1. The van der Waals surface area contributed by atoms with Crippen LogP contribution in [0.3, 0.4) is 0 Å². The van der Waals surface area contributed by atoms with E-state index in [0.717, 1.165) is 18.5 Å². The van der Waals surface area contributed by atoms with Crippen molar-refractivity contribution in [3.63, 3.8) is 0 Å². The van der Waals surface area contributed by atoms with Gasteiger partial charge in [-0.05, 0) is 38.5 Å². The van der Waals surface area contributed by atoms with Crippen molar-refractivity contribution in [1.29, 1.82) is 0 Å². The van der Waals surface area contributed by atoms with Crippen molar-refractivity contribution in [2.75, 3.05) is 51.3 Å². The smallest absolute Gasteiger partial charge is 0.191 e. The number of rotatable bonds is 5. The molecule has 0 spiro atoms. The number of nitrogens with one attached hydrogen (secondary N) is 2. The van der Waals surface area contributed by atoms with Gasteiger partial charge in [0, 0.05) is 68.9 Å². The molecule has 2 aliphatic carbocycles. The number of aliphatic imine (C=N–C) groups is 1. The summed E-state index contributed by atoms with van der Waals surface area (Å²) >= 11 is 2.12. The maximum absolute atomic E-state index is 4.57. The van der Waals surface area contributed by atoms with Crippen LogP contribution in [-0.2, 0) is 0 Å². The van der Waals surface area contributed by atoms with Gasteiger partial charge in [-0.1, -0.05) is 19.3 Å². The van der Waals surface area contributed by atoms with Crippen molar-refractivity contribution in [1.82, 2.24) is 20.4 Å². The highest BCUT2D eigenvalue weighted by Gasteiger charge is 2.38. The zero-order chi connectivity index (χ0) is 18.5. The van der Waals surface area contributed by atoms with Crippen LogP contribution in [0.15, 0.2) is 4.99 Å². The fourth-order valence-corrected chi connectivity index (χ4v) is 6.24. The minimum absolute atomic E-state index is 0. The molecule has 0 aromatic rings. The van der Waals surface area contributed by atoms with E-state index < -0.39 is 0 Å². The molecule has 162 valence electrons. The summed E-state index contributed by atoms with van der Waals surface area (Å²) < 4.78 is 0. The van der Waals surface area contributed by atoms with Crippen molar-refractivity contribution < 1.29 is 0 Å². The number of nitrogens with zero attached hydrogens (tertiary/aromatic N) is 3. The normalized spacial score (nSPS) is 27.8. The molecule has 0 unspecified atom stereocenters. The number of hydrogen-bond acceptors (Lipinski definition) is 4. The predicted molar refractivity (Wildman–Crippen MR) is 132 cm³/mol. The maximum atomic E-state index is 4.57. The Morgan fingerprint density at radius 1 is 1.00 bits per heavy atom. The Balaban J connectivity index is 0.00000225. The first-order valence-electron chi connectivity index (χ1n) is 11.3. The molecule has 5 nitrogen and oxygen atoms in total. The predicted octanol–water partition coefficient (Wildman–Crippen LogP) is 3.15. The lowest BCUT2D eigenvalue weighted by atomic mass is 9.80. The number of hydrogen-bond donors (Lipinski definition) is 2. The standard InChI is InChI=1S/C21H39N5S.HI/c1-22-20(24-18-7-11-25(12-8-18)19-5-6-19)23-17-21(9-3-2-4-10-21)26-13-15-27-16-14-26;/h18-19H,2-17H2,1H3,(H2,22,23,24);1H. The van der Waals surface area contributed by atoms with Gasteiger partial charge < -0.3 is 15.5 Å². The minimum atomic E-state index is 0. The van der Waals surface area contributed by atoms with Gasteiger partial charge in [-0.3, -0.25) is 9.89 Å². The Labute approximate surface area is 193 Å². The highest BCUT2D eigenvalue weighted by molar-refractivity contribution is 14.0. The summed E-state index contributed by atoms with van der Waals surface area (Å²) in [7, 11) is 1.93. The molecule has 4 fully saturated rings. The summed E-state index contributed by atoms with van der Waals surface area (Å²) in [6, 6.07) is 1.50. The molecule has 0 aromatic carbocycles. The van der Waals surface area contributed by atoms with Gasteiger partial charge in [-0.25, -0.2) is 0 Å². The Hall–Kier alpha value is 0.270. The maximum Gasteiger partial charge on any atom is 0.191 e. The van der Waals surface area contributed by atoms with Gasteiger partial charge in [0.25, 0.3) is 0 Å². The van der Waals surface area contributed by atoms with Crippen LogP contribution in [0, 0.1) is 0 Å². The summed E-state index contributed by atoms with van der Waals surface area (Å²) in [5.74, 6) is 3.62. The van der Waals surface area contributed by atoms with Crippen LogP contribution in [0.4, 0.5) is 0 Å². The fraction of sp³-hybridized carbons (Fsp3) is 0.952. The van der Waals surface area contributed by atoms with Gasteiger partial charge in [0.05, 0.1) is 0 Å². The van der Waals surface area contributed by atoms with E-state index in [-0.39, 0.29) is 24.0 Å². The van der Waals surface area contributed by atoms with Gasteiger partial charge in [-0.15, -0.1) is 24.0 Å². The average molecular weight is 522 g/mol. The fourth-order valence-electron chi connectivity index (χ4n) is 5.34. The highest BCUT2D eigenvalue weighted by Crippen LogP contribution is 2.35. The van der Waals surface area contributed by atoms with E-state index in [2.05, 4.69) is 37.2 Å². The Morgan fingerprint density at radius 2 is 1.68 bits per heavy atom. The molecular formula is C21H40IN5S. The lowest BCUT2D eigenvalue weighted by molar-refractivity contribution is 0.0625. The minimum Gasteiger partial charge on any atom is -0.355 e. The Kier molecular flexibility index (Phi) is 9.05. The third-order valence-electron chi connectivity index (χ3n) is 7.21. The molecule has 2 N–H and O–H groups in total. The molecule has 4 rings (SSSR count). The van der Waals surface area contributed by atoms with Crippen LogP contribution >= 0.6 is 35.7 Å². The number of guanidine groups is 1. The van der Waals surface area contributed by atoms with Crippen LogP contribution in [0.2, 0.25) is 0 Å². The van der Waals surface area contributed by atoms with Crippen molar-refractivity contribution in [2.24, 2.45) is 4.99 Å². The average Bonchev–Trinajstić information content (AvgIpc) is 3.58. The summed E-state index contributed by atoms with van der Waals surface area (Å²) in [5, 5.41) is 7.48. The van der Waals surface area contributed by atoms with Crippen LogP contribution in [0.25, 0.3) is 0 Å². The molecule has 0 bridgehead atoms. The Bertz CT molecular complexity index is 493. The quantitative estimate of drug-likeness (QED) is 0.331. The zero-order valence-corrected chi connectivity index (χ0v) is 20.8. The first-order chi connectivity index (χ1) is 13.3. The largest absolute Gasteiger partial charge is 0.355 e. The molecule has 0 atom stereocenters. The second kappa shape index (κ2) is 11.0. The molecule has 2 saturated heterocycles. The van der Waals surface area contributed by atoms with E-state index in [1.807, 2.05) is 7.05 Å². The SMILES string of the molecule is CN=C(NCC1(N2CCSCC2)CCCCC1)NC1CCN(C2CC2)CC1.I. The summed E-state index contributed by atoms with van der Waals surface area (Å²) in [6.45, 7) is 6.09. The van der Waals surface area contributed by atoms with E-state index in [1.165, 1.54) is 95.5 Å². The first kappa shape index (κ1) is 22.9. The van der Waals surface area contributed by atoms with E-state index >= 15 is 0 Å². The van der Waals surface area contributed by atoms with Crippen molar-refractivity contribution in [3.05, 3.63) is 0 Å². The Morgan fingerprint density at radius 3 is 2.29 bits per heavy atom. The molecule has 28 heavy (non-hydrogen) atoms. The zero-order valence-electron chi connectivity index (χ0n) is 17.6. The second-order valence-corrected chi connectivity index (χ2v) is 10.2. The van der Waals surface area contributed by atoms with Crippen molar-refractivity contribution in [3.8, 4) is 0 Å². The number of likely N-dealkylation sites (tertiary alicyclic amines) is 1. The molecule has 0 radical (unpaired) electrons. The summed E-state index contributed by atoms with van der Waals surface area (Å²) in [5.41, 5.74) is 0.353. The number of halogens is 1.